The van der Waals surface area contributed by atoms with Crippen LogP contribution in [-0.4, -0.2) is 36.8 Å². The summed E-state index contributed by atoms with van der Waals surface area (Å²) in [5.41, 5.74) is 3.50. The van der Waals surface area contributed by atoms with Gasteiger partial charge in [-0.15, -0.1) is 0 Å². The van der Waals surface area contributed by atoms with Gasteiger partial charge in [0.2, 0.25) is 0 Å². The van der Waals surface area contributed by atoms with Gasteiger partial charge in [0, 0.05) is 38.0 Å². The second kappa shape index (κ2) is 8.71. The van der Waals surface area contributed by atoms with Gasteiger partial charge in [-0.05, 0) is 37.2 Å². The van der Waals surface area contributed by atoms with E-state index in [9.17, 15) is 4.79 Å². The standard InChI is InChI=1S/C22H28N2O3Si/c1-5-27-22(25)18-8-6-17(7-9-18)21-19-11-13-24(20(19)10-12-23-21)16-26-14-15-28(2,3)4/h6-13H,5,14-16H2,1-4H3. The predicted molar refractivity (Wildman–Crippen MR) is 115 cm³/mol. The van der Waals surface area contributed by atoms with Crippen molar-refractivity contribution >= 4 is 24.9 Å². The number of hydrogen-bond donors (Lipinski definition) is 0. The first-order valence-electron chi connectivity index (χ1n) is 9.68. The van der Waals surface area contributed by atoms with Gasteiger partial charge in [0.1, 0.15) is 6.73 Å². The van der Waals surface area contributed by atoms with E-state index in [1.807, 2.05) is 30.6 Å². The summed E-state index contributed by atoms with van der Waals surface area (Å²) in [6, 6.07) is 12.6. The van der Waals surface area contributed by atoms with E-state index < -0.39 is 8.07 Å². The van der Waals surface area contributed by atoms with Crippen molar-refractivity contribution < 1.29 is 14.3 Å². The molecule has 2 heterocycles. The lowest BCUT2D eigenvalue weighted by Crippen LogP contribution is -2.21. The van der Waals surface area contributed by atoms with E-state index in [1.54, 1.807) is 19.1 Å². The number of esters is 1. The Morgan fingerprint density at radius 2 is 1.86 bits per heavy atom. The van der Waals surface area contributed by atoms with E-state index >= 15 is 0 Å². The maximum absolute atomic E-state index is 11.8. The third-order valence-corrected chi connectivity index (χ3v) is 6.30. The highest BCUT2D eigenvalue weighted by Crippen LogP contribution is 2.27. The fourth-order valence-corrected chi connectivity index (χ4v) is 3.74. The van der Waals surface area contributed by atoms with Crippen LogP contribution in [0.15, 0.2) is 48.8 Å². The number of hydrogen-bond acceptors (Lipinski definition) is 4. The summed E-state index contributed by atoms with van der Waals surface area (Å²) in [7, 11) is -1.08. The monoisotopic (exact) mass is 396 g/mol. The van der Waals surface area contributed by atoms with E-state index in [4.69, 9.17) is 9.47 Å². The number of carbonyl (C=O) groups excluding carboxylic acids is 1. The zero-order chi connectivity index (χ0) is 20.1. The number of aromatic nitrogens is 2. The second-order valence-corrected chi connectivity index (χ2v) is 13.6. The average molecular weight is 397 g/mol. The van der Waals surface area contributed by atoms with Crippen LogP contribution in [-0.2, 0) is 16.2 Å². The largest absolute Gasteiger partial charge is 0.462 e. The van der Waals surface area contributed by atoms with E-state index in [2.05, 4.69) is 35.3 Å². The van der Waals surface area contributed by atoms with Crippen LogP contribution in [0.2, 0.25) is 25.7 Å². The molecule has 3 rings (SSSR count). The van der Waals surface area contributed by atoms with Crippen LogP contribution < -0.4 is 0 Å². The number of carbonyl (C=O) groups is 1. The SMILES string of the molecule is CCOC(=O)c1ccc(-c2nccc3c2ccn3COCC[Si](C)(C)C)cc1. The fraction of sp³-hybridized carbons (Fsp3) is 0.364. The lowest BCUT2D eigenvalue weighted by atomic mass is 10.1. The molecule has 148 valence electrons. The van der Waals surface area contributed by atoms with Gasteiger partial charge in [-0.25, -0.2) is 4.79 Å². The van der Waals surface area contributed by atoms with E-state index in [0.717, 1.165) is 34.8 Å². The average Bonchev–Trinajstić information content (AvgIpc) is 3.08. The van der Waals surface area contributed by atoms with E-state index in [1.165, 1.54) is 0 Å². The minimum atomic E-state index is -1.08. The molecule has 0 aliphatic rings. The van der Waals surface area contributed by atoms with Gasteiger partial charge in [-0.1, -0.05) is 31.8 Å². The minimum Gasteiger partial charge on any atom is -0.462 e. The topological polar surface area (TPSA) is 53.3 Å². The first kappa shape index (κ1) is 20.3. The molecular weight excluding hydrogens is 368 g/mol. The zero-order valence-corrected chi connectivity index (χ0v) is 18.1. The second-order valence-electron chi connectivity index (χ2n) is 8.02. The van der Waals surface area contributed by atoms with Crippen molar-refractivity contribution in [3.63, 3.8) is 0 Å². The third kappa shape index (κ3) is 4.88. The number of fused-ring (bicyclic) bond motifs is 1. The summed E-state index contributed by atoms with van der Waals surface area (Å²) in [4.78, 5) is 16.4. The van der Waals surface area contributed by atoms with Crippen LogP contribution >= 0.6 is 0 Å². The van der Waals surface area contributed by atoms with Crippen LogP contribution in [0, 0.1) is 0 Å². The molecule has 0 bridgehead atoms. The lowest BCUT2D eigenvalue weighted by molar-refractivity contribution is 0.0526. The molecule has 0 aliphatic carbocycles. The molecule has 0 N–H and O–H groups in total. The molecule has 1 aromatic carbocycles. The summed E-state index contributed by atoms with van der Waals surface area (Å²) < 4.78 is 13.1. The summed E-state index contributed by atoms with van der Waals surface area (Å²) in [5.74, 6) is -0.304. The molecular formula is C22H28N2O3Si. The van der Waals surface area contributed by atoms with Crippen LogP contribution in [0.1, 0.15) is 17.3 Å². The normalized spacial score (nSPS) is 11.7. The van der Waals surface area contributed by atoms with E-state index in [-0.39, 0.29) is 5.97 Å². The molecule has 28 heavy (non-hydrogen) atoms. The maximum atomic E-state index is 11.8. The van der Waals surface area contributed by atoms with Crippen molar-refractivity contribution in [1.29, 1.82) is 0 Å². The molecule has 0 spiro atoms. The molecule has 0 atom stereocenters. The van der Waals surface area contributed by atoms with Gasteiger partial charge in [-0.2, -0.15) is 0 Å². The van der Waals surface area contributed by atoms with Crippen LogP contribution in [0.4, 0.5) is 0 Å². The maximum Gasteiger partial charge on any atom is 0.338 e. The molecule has 0 amide bonds. The Bertz CT molecular complexity index is 943. The van der Waals surface area contributed by atoms with Crippen molar-refractivity contribution in [1.82, 2.24) is 9.55 Å². The van der Waals surface area contributed by atoms with Gasteiger partial charge < -0.3 is 14.0 Å². The fourth-order valence-electron chi connectivity index (χ4n) is 2.99. The Morgan fingerprint density at radius 3 is 2.54 bits per heavy atom. The molecule has 0 radical (unpaired) electrons. The van der Waals surface area contributed by atoms with Crippen LogP contribution in [0.3, 0.4) is 0 Å². The van der Waals surface area contributed by atoms with Gasteiger partial charge >= 0.3 is 5.97 Å². The van der Waals surface area contributed by atoms with Crippen molar-refractivity contribution in [2.75, 3.05) is 13.2 Å². The predicted octanol–water partition coefficient (Wildman–Crippen LogP) is 5.19. The highest BCUT2D eigenvalue weighted by molar-refractivity contribution is 6.76. The first-order chi connectivity index (χ1) is 13.4. The van der Waals surface area contributed by atoms with Crippen molar-refractivity contribution in [3.8, 4) is 11.3 Å². The molecule has 6 heteroatoms. The lowest BCUT2D eigenvalue weighted by Gasteiger charge is -2.15. The molecule has 3 aromatic rings. The highest BCUT2D eigenvalue weighted by Gasteiger charge is 2.13. The third-order valence-electron chi connectivity index (χ3n) is 4.59. The molecule has 5 nitrogen and oxygen atoms in total. The van der Waals surface area contributed by atoms with Crippen molar-refractivity contribution in [2.24, 2.45) is 0 Å². The Labute approximate surface area is 167 Å². The summed E-state index contributed by atoms with van der Waals surface area (Å²) in [6.07, 6.45) is 3.85. The molecule has 0 aliphatic heterocycles. The van der Waals surface area contributed by atoms with Gasteiger partial charge in [0.05, 0.1) is 23.4 Å². The molecule has 0 unspecified atom stereocenters. The zero-order valence-electron chi connectivity index (χ0n) is 17.1. The Morgan fingerprint density at radius 1 is 1.11 bits per heavy atom. The molecule has 0 saturated carbocycles. The van der Waals surface area contributed by atoms with Crippen LogP contribution in [0.5, 0.6) is 0 Å². The first-order valence-corrected chi connectivity index (χ1v) is 13.4. The number of ether oxygens (including phenoxy) is 2. The highest BCUT2D eigenvalue weighted by atomic mass is 28.3. The van der Waals surface area contributed by atoms with Gasteiger partial charge in [0.15, 0.2) is 0 Å². The number of rotatable bonds is 8. The minimum absolute atomic E-state index is 0.304. The number of nitrogens with zero attached hydrogens (tertiary/aromatic N) is 2. The van der Waals surface area contributed by atoms with E-state index in [0.29, 0.717) is 18.9 Å². The molecule has 0 saturated heterocycles. The molecule has 2 aromatic heterocycles. The molecule has 0 fully saturated rings. The van der Waals surface area contributed by atoms with Crippen LogP contribution in [0.25, 0.3) is 22.2 Å². The summed E-state index contributed by atoms with van der Waals surface area (Å²) >= 11 is 0. The van der Waals surface area contributed by atoms with Crippen molar-refractivity contribution in [2.45, 2.75) is 39.3 Å². The summed E-state index contributed by atoms with van der Waals surface area (Å²) in [6.45, 7) is 10.6. The number of pyridine rings is 1. The Kier molecular flexibility index (Phi) is 6.31. The quantitative estimate of drug-likeness (QED) is 0.299. The Balaban J connectivity index is 1.78. The Hall–Kier alpha value is -2.44. The number of benzene rings is 1. The van der Waals surface area contributed by atoms with Crippen molar-refractivity contribution in [3.05, 3.63) is 54.4 Å². The van der Waals surface area contributed by atoms with Gasteiger partial charge in [0.25, 0.3) is 0 Å². The smallest absolute Gasteiger partial charge is 0.338 e. The van der Waals surface area contributed by atoms with Gasteiger partial charge in [-0.3, -0.25) is 4.98 Å². The summed E-state index contributed by atoms with van der Waals surface area (Å²) in [5, 5.41) is 1.07.